The number of rotatable bonds is 8. The largest absolute Gasteiger partial charge is 0.457 e. The first-order chi connectivity index (χ1) is 21.4. The third-order valence-corrected chi connectivity index (χ3v) is 9.05. The highest BCUT2D eigenvalue weighted by Crippen LogP contribution is 2.61. The van der Waals surface area contributed by atoms with Crippen LogP contribution in [-0.2, 0) is 14.3 Å². The van der Waals surface area contributed by atoms with E-state index in [1.165, 1.54) is 59.2 Å². The van der Waals surface area contributed by atoms with Gasteiger partial charge < -0.3 is 13.9 Å². The number of imide groups is 1. The van der Waals surface area contributed by atoms with Crippen molar-refractivity contribution in [2.24, 2.45) is 23.7 Å². The number of anilines is 1. The lowest BCUT2D eigenvalue weighted by Crippen LogP contribution is -2.33. The molecule has 0 spiro atoms. The molecule has 5 atom stereocenters. The standard InChI is InChI=1S/C35H27NO8/c37-28(21-10-14-25(15-11-21)44-35(41)29-7-4-16-42-29)19-43-34(40)22-8-12-24(13-9-22)36-32(38)30-23-17-26(20-5-2-1-3-6-20)27(18-23)31(30)33(36)39/h1-16,23,26-27,30-31H,17-19H2. The highest BCUT2D eigenvalue weighted by molar-refractivity contribution is 6.22. The van der Waals surface area contributed by atoms with Gasteiger partial charge in [-0.2, -0.15) is 0 Å². The summed E-state index contributed by atoms with van der Waals surface area (Å²) in [6, 6.07) is 25.2. The molecule has 9 heteroatoms. The Morgan fingerprint density at radius 1 is 0.750 bits per heavy atom. The number of benzene rings is 3. The summed E-state index contributed by atoms with van der Waals surface area (Å²) in [5, 5.41) is 0. The second kappa shape index (κ2) is 11.1. The van der Waals surface area contributed by atoms with E-state index in [9.17, 15) is 24.0 Å². The maximum Gasteiger partial charge on any atom is 0.379 e. The minimum atomic E-state index is -0.714. The average molecular weight is 590 g/mol. The Kier molecular flexibility index (Phi) is 6.93. The van der Waals surface area contributed by atoms with Gasteiger partial charge in [0.2, 0.25) is 17.6 Å². The van der Waals surface area contributed by atoms with Crippen molar-refractivity contribution in [1.29, 1.82) is 0 Å². The van der Waals surface area contributed by atoms with Crippen molar-refractivity contribution >= 4 is 35.2 Å². The second-order valence-electron chi connectivity index (χ2n) is 11.4. The molecule has 1 saturated heterocycles. The van der Waals surface area contributed by atoms with E-state index in [0.717, 1.165) is 12.8 Å². The fourth-order valence-electron chi connectivity index (χ4n) is 7.10. The Morgan fingerprint density at radius 3 is 2.16 bits per heavy atom. The van der Waals surface area contributed by atoms with Gasteiger partial charge in [-0.05, 0) is 96.8 Å². The third kappa shape index (κ3) is 4.80. The van der Waals surface area contributed by atoms with Gasteiger partial charge in [0.1, 0.15) is 5.75 Å². The number of amides is 2. The summed E-state index contributed by atoms with van der Waals surface area (Å²) in [7, 11) is 0. The van der Waals surface area contributed by atoms with E-state index in [1.807, 2.05) is 18.2 Å². The van der Waals surface area contributed by atoms with Crippen molar-refractivity contribution in [3.63, 3.8) is 0 Å². The Hall–Kier alpha value is -5.31. The Morgan fingerprint density at radius 2 is 1.45 bits per heavy atom. The van der Waals surface area contributed by atoms with Gasteiger partial charge in [-0.1, -0.05) is 30.3 Å². The topological polar surface area (TPSA) is 120 Å². The maximum atomic E-state index is 13.6. The summed E-state index contributed by atoms with van der Waals surface area (Å²) in [4.78, 5) is 65.5. The van der Waals surface area contributed by atoms with Gasteiger partial charge in [0.05, 0.1) is 29.3 Å². The number of nitrogens with zero attached hydrogens (tertiary/aromatic N) is 1. The lowest BCUT2D eigenvalue weighted by atomic mass is 9.73. The zero-order valence-electron chi connectivity index (χ0n) is 23.5. The van der Waals surface area contributed by atoms with E-state index < -0.39 is 24.3 Å². The molecule has 0 radical (unpaired) electrons. The van der Waals surface area contributed by atoms with Gasteiger partial charge in [-0.15, -0.1) is 0 Å². The molecule has 7 rings (SSSR count). The van der Waals surface area contributed by atoms with Crippen LogP contribution < -0.4 is 9.64 Å². The van der Waals surface area contributed by atoms with E-state index in [-0.39, 0.29) is 64.0 Å². The molecular formula is C35H27NO8. The first kappa shape index (κ1) is 27.5. The number of Topliss-reactive ketones (excluding diaryl/α,β-unsaturated/α-hetero) is 1. The van der Waals surface area contributed by atoms with Gasteiger partial charge in [0.25, 0.3) is 0 Å². The maximum absolute atomic E-state index is 13.6. The fourth-order valence-corrected chi connectivity index (χ4v) is 7.10. The molecule has 2 heterocycles. The number of fused-ring (bicyclic) bond motifs is 5. The predicted molar refractivity (Wildman–Crippen MR) is 156 cm³/mol. The summed E-state index contributed by atoms with van der Waals surface area (Å²) >= 11 is 0. The summed E-state index contributed by atoms with van der Waals surface area (Å²) < 4.78 is 15.4. The molecule has 0 N–H and O–H groups in total. The van der Waals surface area contributed by atoms with Crippen LogP contribution in [0.25, 0.3) is 0 Å². The zero-order valence-corrected chi connectivity index (χ0v) is 23.5. The number of ketones is 1. The smallest absolute Gasteiger partial charge is 0.379 e. The average Bonchev–Trinajstić information content (AvgIpc) is 3.85. The minimum absolute atomic E-state index is 0.0511. The van der Waals surface area contributed by atoms with Crippen molar-refractivity contribution in [2.45, 2.75) is 18.8 Å². The lowest BCUT2D eigenvalue weighted by molar-refractivity contribution is -0.123. The number of esters is 2. The van der Waals surface area contributed by atoms with Gasteiger partial charge in [0, 0.05) is 5.56 Å². The molecule has 2 aliphatic carbocycles. The quantitative estimate of drug-likeness (QED) is 0.115. The molecule has 2 bridgehead atoms. The van der Waals surface area contributed by atoms with E-state index in [2.05, 4.69) is 12.1 Å². The first-order valence-corrected chi connectivity index (χ1v) is 14.5. The molecule has 3 aliphatic rings. The lowest BCUT2D eigenvalue weighted by Gasteiger charge is -2.28. The molecule has 1 aliphatic heterocycles. The second-order valence-corrected chi connectivity index (χ2v) is 11.4. The number of ether oxygens (including phenoxy) is 2. The van der Waals surface area contributed by atoms with Gasteiger partial charge in [-0.3, -0.25) is 19.3 Å². The van der Waals surface area contributed by atoms with Crippen LogP contribution in [-0.4, -0.2) is 36.1 Å². The SMILES string of the molecule is O=C(COC(=O)c1ccc(N2C(=O)C3C4CC(c5ccccc5)C(C4)C3C2=O)cc1)c1ccc(OC(=O)c2ccco2)cc1. The molecule has 3 aromatic carbocycles. The van der Waals surface area contributed by atoms with Gasteiger partial charge in [-0.25, -0.2) is 9.59 Å². The Labute approximate surface area is 252 Å². The monoisotopic (exact) mass is 589 g/mol. The molecular weight excluding hydrogens is 562 g/mol. The van der Waals surface area contributed by atoms with Crippen LogP contribution >= 0.6 is 0 Å². The van der Waals surface area contributed by atoms with E-state index in [4.69, 9.17) is 13.9 Å². The third-order valence-electron chi connectivity index (χ3n) is 9.05. The van der Waals surface area contributed by atoms with Crippen LogP contribution in [0, 0.1) is 23.7 Å². The van der Waals surface area contributed by atoms with Gasteiger partial charge >= 0.3 is 11.9 Å². The summed E-state index contributed by atoms with van der Waals surface area (Å²) in [6.45, 7) is -0.496. The molecule has 5 unspecified atom stereocenters. The van der Waals surface area contributed by atoms with Crippen LogP contribution in [0.1, 0.15) is 55.6 Å². The van der Waals surface area contributed by atoms with Crippen molar-refractivity contribution in [1.82, 2.24) is 0 Å². The predicted octanol–water partition coefficient (Wildman–Crippen LogP) is 5.47. The number of hydrogen-bond donors (Lipinski definition) is 0. The molecule has 44 heavy (non-hydrogen) atoms. The van der Waals surface area contributed by atoms with Crippen LogP contribution in [0.4, 0.5) is 5.69 Å². The van der Waals surface area contributed by atoms with Crippen LogP contribution in [0.5, 0.6) is 5.75 Å². The van der Waals surface area contributed by atoms with Crippen LogP contribution in [0.3, 0.4) is 0 Å². The number of carbonyl (C=O) groups is 5. The summed E-state index contributed by atoms with van der Waals surface area (Å²) in [6.07, 6.45) is 3.17. The molecule has 1 aromatic heterocycles. The Bertz CT molecular complexity index is 1740. The Balaban J connectivity index is 0.958. The van der Waals surface area contributed by atoms with Crippen molar-refractivity contribution in [3.05, 3.63) is 120 Å². The number of carbonyl (C=O) groups excluding carboxylic acids is 5. The van der Waals surface area contributed by atoms with E-state index in [0.29, 0.717) is 5.69 Å². The molecule has 2 amide bonds. The van der Waals surface area contributed by atoms with E-state index >= 15 is 0 Å². The van der Waals surface area contributed by atoms with Gasteiger partial charge in [0.15, 0.2) is 12.4 Å². The highest BCUT2D eigenvalue weighted by Gasteiger charge is 2.64. The van der Waals surface area contributed by atoms with Crippen LogP contribution in [0.2, 0.25) is 0 Å². The normalized spacial score (nSPS) is 23.5. The van der Waals surface area contributed by atoms with Crippen LogP contribution in [0.15, 0.2) is 102 Å². The van der Waals surface area contributed by atoms with Crippen molar-refractivity contribution < 1.29 is 37.9 Å². The van der Waals surface area contributed by atoms with E-state index in [1.54, 1.807) is 18.2 Å². The first-order valence-electron chi connectivity index (χ1n) is 14.5. The molecule has 4 aromatic rings. The molecule has 3 fully saturated rings. The molecule has 2 saturated carbocycles. The summed E-state index contributed by atoms with van der Waals surface area (Å²) in [5.41, 5.74) is 2.10. The number of hydrogen-bond acceptors (Lipinski definition) is 8. The fraction of sp³-hybridized carbons (Fsp3) is 0.229. The summed E-state index contributed by atoms with van der Waals surface area (Å²) in [5.74, 6) is -1.88. The highest BCUT2D eigenvalue weighted by atomic mass is 16.5. The van der Waals surface area contributed by atoms with Crippen molar-refractivity contribution in [2.75, 3.05) is 11.5 Å². The number of furan rings is 1. The molecule has 9 nitrogen and oxygen atoms in total. The van der Waals surface area contributed by atoms with Crippen molar-refractivity contribution in [3.8, 4) is 5.75 Å². The zero-order chi connectivity index (χ0) is 30.4. The minimum Gasteiger partial charge on any atom is -0.457 e. The molecule has 220 valence electrons.